The number of hydrogen-bond acceptors (Lipinski definition) is 2. The van der Waals surface area contributed by atoms with E-state index in [4.69, 9.17) is 5.11 Å². The van der Waals surface area contributed by atoms with Crippen LogP contribution < -0.4 is 5.32 Å². The molecule has 0 heterocycles. The first kappa shape index (κ1) is 14.6. The number of halogens is 1. The van der Waals surface area contributed by atoms with Crippen LogP contribution in [0.25, 0.3) is 0 Å². The summed E-state index contributed by atoms with van der Waals surface area (Å²) in [5, 5.41) is 12.1. The molecule has 3 nitrogen and oxygen atoms in total. The van der Waals surface area contributed by atoms with Crippen LogP contribution >= 0.6 is 0 Å². The van der Waals surface area contributed by atoms with E-state index >= 15 is 0 Å². The van der Waals surface area contributed by atoms with Crippen molar-refractivity contribution in [1.82, 2.24) is 5.32 Å². The van der Waals surface area contributed by atoms with Crippen LogP contribution in [0.3, 0.4) is 0 Å². The molecule has 1 atom stereocenters. The van der Waals surface area contributed by atoms with Gasteiger partial charge in [0.05, 0.1) is 0 Å². The average molecular weight is 253 g/mol. The van der Waals surface area contributed by atoms with Gasteiger partial charge < -0.3 is 10.4 Å². The third kappa shape index (κ3) is 4.45. The summed E-state index contributed by atoms with van der Waals surface area (Å²) in [6.45, 7) is 6.21. The first-order valence-electron chi connectivity index (χ1n) is 6.11. The summed E-state index contributed by atoms with van der Waals surface area (Å²) in [7, 11) is 0. The van der Waals surface area contributed by atoms with Crippen LogP contribution in [0.2, 0.25) is 0 Å². The van der Waals surface area contributed by atoms with E-state index in [9.17, 15) is 9.18 Å². The van der Waals surface area contributed by atoms with Gasteiger partial charge in [-0.15, -0.1) is 0 Å². The molecule has 1 rings (SSSR count). The Morgan fingerprint density at radius 1 is 1.44 bits per heavy atom. The number of carbonyl (C=O) groups is 1. The van der Waals surface area contributed by atoms with Gasteiger partial charge in [-0.2, -0.15) is 0 Å². The average Bonchev–Trinajstić information content (AvgIpc) is 2.27. The van der Waals surface area contributed by atoms with Crippen molar-refractivity contribution in [2.45, 2.75) is 39.8 Å². The molecule has 100 valence electrons. The van der Waals surface area contributed by atoms with Crippen molar-refractivity contribution in [2.75, 3.05) is 0 Å². The summed E-state index contributed by atoms with van der Waals surface area (Å²) in [6, 6.07) is 3.95. The third-order valence-electron chi connectivity index (χ3n) is 2.86. The van der Waals surface area contributed by atoms with Gasteiger partial charge in [-0.3, -0.25) is 4.79 Å². The first-order valence-corrected chi connectivity index (χ1v) is 6.11. The number of carboxylic acid groups (broad SMARTS) is 1. The van der Waals surface area contributed by atoms with Crippen LogP contribution in [-0.2, 0) is 11.3 Å². The Hall–Kier alpha value is -1.42. The number of hydrogen-bond donors (Lipinski definition) is 2. The molecule has 4 heteroatoms. The summed E-state index contributed by atoms with van der Waals surface area (Å²) in [5.41, 5.74) is 1.75. The van der Waals surface area contributed by atoms with Crippen molar-refractivity contribution < 1.29 is 14.3 Å². The lowest BCUT2D eigenvalue weighted by Gasteiger charge is -2.17. The molecule has 0 aliphatic heterocycles. The molecule has 0 spiro atoms. The molecule has 1 aromatic rings. The van der Waals surface area contributed by atoms with E-state index < -0.39 is 12.0 Å². The van der Waals surface area contributed by atoms with Gasteiger partial charge >= 0.3 is 5.97 Å². The number of aryl methyl sites for hydroxylation is 1. The highest BCUT2D eigenvalue weighted by Crippen LogP contribution is 2.11. The Bertz CT molecular complexity index is 418. The minimum absolute atomic E-state index is 0.298. The van der Waals surface area contributed by atoms with E-state index in [2.05, 4.69) is 5.32 Å². The van der Waals surface area contributed by atoms with E-state index in [-0.39, 0.29) is 5.82 Å². The highest BCUT2D eigenvalue weighted by Gasteiger charge is 2.18. The molecule has 18 heavy (non-hydrogen) atoms. The highest BCUT2D eigenvalue weighted by molar-refractivity contribution is 5.73. The number of benzene rings is 1. The Morgan fingerprint density at radius 3 is 2.67 bits per heavy atom. The normalized spacial score (nSPS) is 12.7. The van der Waals surface area contributed by atoms with E-state index in [1.807, 2.05) is 20.8 Å². The van der Waals surface area contributed by atoms with Crippen molar-refractivity contribution in [3.8, 4) is 0 Å². The van der Waals surface area contributed by atoms with Gasteiger partial charge in [0.2, 0.25) is 0 Å². The quantitative estimate of drug-likeness (QED) is 0.819. The zero-order chi connectivity index (χ0) is 13.7. The predicted molar refractivity (Wildman–Crippen MR) is 68.9 cm³/mol. The molecule has 0 bridgehead atoms. The lowest BCUT2D eigenvalue weighted by Crippen LogP contribution is -2.37. The fraction of sp³-hybridized carbons (Fsp3) is 0.500. The molecule has 1 aromatic carbocycles. The highest BCUT2D eigenvalue weighted by atomic mass is 19.1. The lowest BCUT2D eigenvalue weighted by molar-refractivity contribution is -0.140. The van der Waals surface area contributed by atoms with Gasteiger partial charge in [-0.25, -0.2) is 4.39 Å². The molecule has 0 saturated heterocycles. The molecule has 0 amide bonds. The van der Waals surface area contributed by atoms with Crippen LogP contribution in [0.15, 0.2) is 18.2 Å². The maximum atomic E-state index is 13.1. The summed E-state index contributed by atoms with van der Waals surface area (Å²) in [6.07, 6.45) is 0.559. The standard InChI is InChI=1S/C14H20FNO2/c1-9(2)6-13(14(17)18)16-8-11-7-12(15)5-4-10(11)3/h4-5,7,9,13,16H,6,8H2,1-3H3,(H,17,18)/t13-/m0/s1. The Kier molecular flexibility index (Phi) is 5.28. The fourth-order valence-corrected chi connectivity index (χ4v) is 1.81. The Balaban J connectivity index is 2.66. The molecular formula is C14H20FNO2. The largest absolute Gasteiger partial charge is 0.480 e. The third-order valence-corrected chi connectivity index (χ3v) is 2.86. The number of nitrogens with one attached hydrogen (secondary N) is 1. The number of aliphatic carboxylic acids is 1. The Morgan fingerprint density at radius 2 is 2.11 bits per heavy atom. The topological polar surface area (TPSA) is 49.3 Å². The van der Waals surface area contributed by atoms with Crippen LogP contribution in [-0.4, -0.2) is 17.1 Å². The van der Waals surface area contributed by atoms with Gasteiger partial charge in [0.1, 0.15) is 11.9 Å². The molecule has 0 fully saturated rings. The van der Waals surface area contributed by atoms with Crippen LogP contribution in [0.5, 0.6) is 0 Å². The minimum Gasteiger partial charge on any atom is -0.480 e. The van der Waals surface area contributed by atoms with Crippen molar-refractivity contribution in [3.05, 3.63) is 35.1 Å². The van der Waals surface area contributed by atoms with Crippen LogP contribution in [0.1, 0.15) is 31.4 Å². The van der Waals surface area contributed by atoms with Gasteiger partial charge in [-0.05, 0) is 42.5 Å². The molecule has 0 saturated carbocycles. The molecular weight excluding hydrogens is 233 g/mol. The molecule has 0 aliphatic rings. The van der Waals surface area contributed by atoms with E-state index in [1.165, 1.54) is 12.1 Å². The molecule has 0 unspecified atom stereocenters. The van der Waals surface area contributed by atoms with Crippen molar-refractivity contribution in [2.24, 2.45) is 5.92 Å². The summed E-state index contributed by atoms with van der Waals surface area (Å²) in [4.78, 5) is 11.1. The van der Waals surface area contributed by atoms with Gasteiger partial charge in [0.15, 0.2) is 0 Å². The second kappa shape index (κ2) is 6.50. The second-order valence-corrected chi connectivity index (χ2v) is 4.97. The maximum absolute atomic E-state index is 13.1. The van der Waals surface area contributed by atoms with Crippen LogP contribution in [0.4, 0.5) is 4.39 Å². The molecule has 0 aliphatic carbocycles. The van der Waals surface area contributed by atoms with Gasteiger partial charge in [-0.1, -0.05) is 19.9 Å². The second-order valence-electron chi connectivity index (χ2n) is 4.97. The van der Waals surface area contributed by atoms with Crippen molar-refractivity contribution >= 4 is 5.97 Å². The smallest absolute Gasteiger partial charge is 0.320 e. The zero-order valence-electron chi connectivity index (χ0n) is 11.0. The monoisotopic (exact) mass is 253 g/mol. The minimum atomic E-state index is -0.863. The van der Waals surface area contributed by atoms with Crippen molar-refractivity contribution in [3.63, 3.8) is 0 Å². The fourth-order valence-electron chi connectivity index (χ4n) is 1.81. The summed E-state index contributed by atoms with van der Waals surface area (Å²) < 4.78 is 13.1. The van der Waals surface area contributed by atoms with Crippen molar-refractivity contribution in [1.29, 1.82) is 0 Å². The summed E-state index contributed by atoms with van der Waals surface area (Å²) >= 11 is 0. The number of rotatable bonds is 6. The first-order chi connectivity index (χ1) is 8.40. The zero-order valence-corrected chi connectivity index (χ0v) is 11.0. The summed E-state index contributed by atoms with van der Waals surface area (Å²) in [5.74, 6) is -0.863. The van der Waals surface area contributed by atoms with E-state index in [0.717, 1.165) is 11.1 Å². The lowest BCUT2D eigenvalue weighted by atomic mass is 10.0. The SMILES string of the molecule is Cc1ccc(F)cc1CN[C@@H](CC(C)C)C(=O)O. The predicted octanol–water partition coefficient (Wildman–Crippen LogP) is 2.72. The molecule has 0 aromatic heterocycles. The van der Waals surface area contributed by atoms with Gasteiger partial charge in [0, 0.05) is 6.54 Å². The molecule has 0 radical (unpaired) electrons. The Labute approximate surface area is 107 Å². The van der Waals surface area contributed by atoms with Crippen LogP contribution in [0, 0.1) is 18.7 Å². The van der Waals surface area contributed by atoms with E-state index in [0.29, 0.717) is 18.9 Å². The number of carboxylic acids is 1. The maximum Gasteiger partial charge on any atom is 0.320 e. The van der Waals surface area contributed by atoms with Gasteiger partial charge in [0.25, 0.3) is 0 Å². The van der Waals surface area contributed by atoms with E-state index in [1.54, 1.807) is 6.07 Å². The molecule has 2 N–H and O–H groups in total.